The number of nitrogens with zero attached hydrogens (tertiary/aromatic N) is 4. The summed E-state index contributed by atoms with van der Waals surface area (Å²) in [5.74, 6) is 1.31. The Morgan fingerprint density at radius 1 is 0.338 bits per heavy atom. The predicted octanol–water partition coefficient (Wildman–Crippen LogP) is 20.2. The molecule has 0 radical (unpaired) electrons. The third-order valence-electron chi connectivity index (χ3n) is 17.8. The lowest BCUT2D eigenvalue weighted by Crippen LogP contribution is -2.08. The zero-order valence-corrected chi connectivity index (χ0v) is 43.5. The lowest BCUT2D eigenvalue weighted by atomic mass is 9.80. The highest BCUT2D eigenvalue weighted by atomic mass is 15.0. The van der Waals surface area contributed by atoms with E-state index >= 15 is 0 Å². The summed E-state index contributed by atoms with van der Waals surface area (Å²) in [4.78, 5) is 10.3. The fourth-order valence-electron chi connectivity index (χ4n) is 14.2. The molecule has 0 N–H and O–H groups in total. The van der Waals surface area contributed by atoms with Gasteiger partial charge in [0.15, 0.2) is 0 Å². The zero-order valence-electron chi connectivity index (χ0n) is 43.5. The minimum atomic E-state index is 0.653. The van der Waals surface area contributed by atoms with E-state index in [1.165, 1.54) is 217 Å². The summed E-state index contributed by atoms with van der Waals surface area (Å²) in [7, 11) is 0. The van der Waals surface area contributed by atoms with Crippen LogP contribution in [0, 0.1) is 0 Å². The van der Waals surface area contributed by atoms with Gasteiger partial charge in [0.2, 0.25) is 0 Å². The van der Waals surface area contributed by atoms with Gasteiger partial charge in [-0.2, -0.15) is 0 Å². The summed E-state index contributed by atoms with van der Waals surface area (Å²) in [5, 5.41) is 7.63. The van der Waals surface area contributed by atoms with E-state index in [0.29, 0.717) is 11.8 Å². The molecule has 0 amide bonds. The SMILES string of the molecule is C1=C(c2cccc(C3=CCCCCC3)c2-c2cnc3c4ccccc4c4ccccc4n23)CCCCC1.c1cc(C2CCCCCC2)c(-c2cnc3c4ccccc4c4ccccc4n23)c(C2CCCCCC2)c1. The second-order valence-corrected chi connectivity index (χ2v) is 22.3. The first-order chi connectivity index (χ1) is 36.8. The van der Waals surface area contributed by atoms with Crippen LogP contribution in [0.25, 0.3) is 88.3 Å². The quantitative estimate of drug-likeness (QED) is 0.123. The first-order valence-electron chi connectivity index (χ1n) is 29.0. The molecule has 0 saturated heterocycles. The molecule has 4 heteroatoms. The van der Waals surface area contributed by atoms with Crippen molar-refractivity contribution in [2.45, 2.75) is 153 Å². The van der Waals surface area contributed by atoms with Crippen LogP contribution in [0.5, 0.6) is 0 Å². The number of benzene rings is 6. The highest BCUT2D eigenvalue weighted by molar-refractivity contribution is 6.13. The normalized spacial score (nSPS) is 17.7. The molecule has 4 heterocycles. The number of allylic oxidation sites excluding steroid dienone is 4. The maximum Gasteiger partial charge on any atom is 0.145 e. The molecule has 0 unspecified atom stereocenters. The van der Waals surface area contributed by atoms with Gasteiger partial charge < -0.3 is 0 Å². The van der Waals surface area contributed by atoms with Crippen molar-refractivity contribution in [1.82, 2.24) is 18.8 Å². The molecule has 2 saturated carbocycles. The van der Waals surface area contributed by atoms with Crippen molar-refractivity contribution in [1.29, 1.82) is 0 Å². The van der Waals surface area contributed by atoms with Gasteiger partial charge in [0.05, 0.1) is 34.8 Å². The average molecular weight is 969 g/mol. The minimum absolute atomic E-state index is 0.653. The summed E-state index contributed by atoms with van der Waals surface area (Å²) in [5.41, 5.74) is 19.1. The van der Waals surface area contributed by atoms with Crippen molar-refractivity contribution in [3.05, 3.63) is 180 Å². The second-order valence-electron chi connectivity index (χ2n) is 22.3. The summed E-state index contributed by atoms with van der Waals surface area (Å²) in [6, 6.07) is 49.7. The van der Waals surface area contributed by atoms with Crippen LogP contribution in [0.4, 0.5) is 0 Å². The van der Waals surface area contributed by atoms with Crippen molar-refractivity contribution in [2.75, 3.05) is 0 Å². The van der Waals surface area contributed by atoms with Gasteiger partial charge in [-0.1, -0.05) is 198 Å². The Balaban J connectivity index is 0.000000143. The van der Waals surface area contributed by atoms with Gasteiger partial charge in [-0.3, -0.25) is 8.80 Å². The van der Waals surface area contributed by atoms with Crippen LogP contribution in [0.2, 0.25) is 0 Å². The summed E-state index contributed by atoms with van der Waals surface area (Å²) in [6.07, 6.45) is 38.2. The van der Waals surface area contributed by atoms with Crippen LogP contribution in [0.1, 0.15) is 175 Å². The number of para-hydroxylation sites is 2. The largest absolute Gasteiger partial charge is 0.292 e. The fraction of sp³-hybridized carbons (Fsp3) is 0.343. The maximum atomic E-state index is 5.15. The van der Waals surface area contributed by atoms with Crippen molar-refractivity contribution < 1.29 is 0 Å². The zero-order chi connectivity index (χ0) is 49.2. The van der Waals surface area contributed by atoms with E-state index in [1.807, 2.05) is 0 Å². The van der Waals surface area contributed by atoms with Crippen LogP contribution in [0.15, 0.2) is 158 Å². The Kier molecular flexibility index (Phi) is 13.5. The van der Waals surface area contributed by atoms with Gasteiger partial charge in [-0.15, -0.1) is 0 Å². The van der Waals surface area contributed by atoms with Gasteiger partial charge >= 0.3 is 0 Å². The Hall–Kier alpha value is -6.78. The Bertz CT molecular complexity index is 3630. The van der Waals surface area contributed by atoms with Crippen LogP contribution < -0.4 is 0 Å². The van der Waals surface area contributed by atoms with Crippen LogP contribution >= 0.6 is 0 Å². The van der Waals surface area contributed by atoms with E-state index in [2.05, 4.69) is 167 Å². The van der Waals surface area contributed by atoms with Gasteiger partial charge in [0.25, 0.3) is 0 Å². The van der Waals surface area contributed by atoms with E-state index < -0.39 is 0 Å². The lowest BCUT2D eigenvalue weighted by Gasteiger charge is -2.25. The van der Waals surface area contributed by atoms with Crippen molar-refractivity contribution in [3.8, 4) is 22.5 Å². The number of fused-ring (bicyclic) bond motifs is 12. The number of imidazole rings is 2. The van der Waals surface area contributed by atoms with Gasteiger partial charge in [-0.25, -0.2) is 9.97 Å². The van der Waals surface area contributed by atoms with Crippen LogP contribution in [-0.2, 0) is 0 Å². The summed E-state index contributed by atoms with van der Waals surface area (Å²) < 4.78 is 4.93. The van der Waals surface area contributed by atoms with Gasteiger partial charge in [0.1, 0.15) is 11.3 Å². The monoisotopic (exact) mass is 969 g/mol. The van der Waals surface area contributed by atoms with Crippen molar-refractivity contribution in [2.24, 2.45) is 0 Å². The topological polar surface area (TPSA) is 34.6 Å². The Morgan fingerprint density at radius 3 is 1.20 bits per heavy atom. The predicted molar refractivity (Wildman–Crippen MR) is 314 cm³/mol. The maximum absolute atomic E-state index is 5.15. The molecule has 372 valence electrons. The van der Waals surface area contributed by atoms with E-state index in [-0.39, 0.29) is 0 Å². The highest BCUT2D eigenvalue weighted by Gasteiger charge is 2.28. The summed E-state index contributed by atoms with van der Waals surface area (Å²) in [6.45, 7) is 0. The van der Waals surface area contributed by atoms with Crippen molar-refractivity contribution >= 4 is 65.8 Å². The minimum Gasteiger partial charge on any atom is -0.292 e. The van der Waals surface area contributed by atoms with Crippen LogP contribution in [0.3, 0.4) is 0 Å². The molecule has 4 nitrogen and oxygen atoms in total. The molecular formula is C70H72N4. The molecule has 0 atom stereocenters. The molecular weight excluding hydrogens is 897 g/mol. The van der Waals surface area contributed by atoms with E-state index in [0.717, 1.165) is 24.1 Å². The molecule has 0 spiro atoms. The lowest BCUT2D eigenvalue weighted by molar-refractivity contribution is 0.579. The molecule has 6 aromatic carbocycles. The molecule has 0 bridgehead atoms. The molecule has 10 aromatic rings. The van der Waals surface area contributed by atoms with E-state index in [4.69, 9.17) is 9.97 Å². The Morgan fingerprint density at radius 2 is 0.730 bits per heavy atom. The molecule has 2 fully saturated rings. The molecule has 74 heavy (non-hydrogen) atoms. The number of pyridine rings is 2. The van der Waals surface area contributed by atoms with Gasteiger partial charge in [0, 0.05) is 32.7 Å². The molecule has 4 aliphatic rings. The van der Waals surface area contributed by atoms with Gasteiger partial charge in [-0.05, 0) is 145 Å². The molecule has 14 rings (SSSR count). The highest BCUT2D eigenvalue weighted by Crippen LogP contribution is 2.47. The molecule has 4 aliphatic carbocycles. The number of rotatable bonds is 6. The third kappa shape index (κ3) is 8.76. The molecule has 4 aromatic heterocycles. The Labute approximate surface area is 438 Å². The standard InChI is InChI=1S/C35H38N2.C35H34N2/c2*1-2-6-15-25(14-5-1)27-21-13-22-28(26-16-7-3-4-8-17-26)34(27)33-24-36-35-31-20-10-9-18-29(31)30-19-11-12-23-32(30)37(33)35/h9-13,18-26H,1-8,14-17H2;9-14,16,18-24H,1-8,15,17H2. The van der Waals surface area contributed by atoms with E-state index in [9.17, 15) is 0 Å². The first kappa shape index (κ1) is 47.0. The average Bonchev–Trinajstić information content (AvgIpc) is 3.68. The first-order valence-corrected chi connectivity index (χ1v) is 29.0. The summed E-state index contributed by atoms with van der Waals surface area (Å²) >= 11 is 0. The number of aromatic nitrogens is 4. The fourth-order valence-corrected chi connectivity index (χ4v) is 14.2. The van der Waals surface area contributed by atoms with Crippen LogP contribution in [-0.4, -0.2) is 18.8 Å². The third-order valence-corrected chi connectivity index (χ3v) is 17.8. The van der Waals surface area contributed by atoms with Crippen molar-refractivity contribution in [3.63, 3.8) is 0 Å². The molecule has 0 aliphatic heterocycles. The number of hydrogen-bond donors (Lipinski definition) is 0. The smallest absolute Gasteiger partial charge is 0.145 e. The second kappa shape index (κ2) is 21.2. The van der Waals surface area contributed by atoms with E-state index in [1.54, 1.807) is 11.1 Å². The number of hydrogen-bond acceptors (Lipinski definition) is 2.